The third-order valence-electron chi connectivity index (χ3n) is 6.28. The van der Waals surface area contributed by atoms with Crippen LogP contribution in [0.3, 0.4) is 0 Å². The number of carbonyl (C=O) groups excluding carboxylic acids is 1. The molecule has 0 spiro atoms. The fourth-order valence-electron chi connectivity index (χ4n) is 4.01. The topological polar surface area (TPSA) is 48.4 Å². The third kappa shape index (κ3) is 7.61. The van der Waals surface area contributed by atoms with Crippen molar-refractivity contribution in [3.8, 4) is 33.9 Å². The summed E-state index contributed by atoms with van der Waals surface area (Å²) in [4.78, 5) is 16.8. The summed E-state index contributed by atoms with van der Waals surface area (Å²) in [5, 5.41) is 0. The van der Waals surface area contributed by atoms with Crippen LogP contribution >= 0.6 is 0 Å². The SMILES string of the molecule is CCCCCCCCC[C@](C)(F)C(=O)Oc1ccc(-c2ccc(-c3ccc(OC)c(F)c3)nc2)cc1. The second kappa shape index (κ2) is 13.1. The summed E-state index contributed by atoms with van der Waals surface area (Å²) in [7, 11) is 1.42. The van der Waals surface area contributed by atoms with E-state index in [0.717, 1.165) is 30.4 Å². The number of alkyl halides is 1. The molecule has 3 rings (SSSR count). The van der Waals surface area contributed by atoms with E-state index in [-0.39, 0.29) is 12.2 Å². The average Bonchev–Trinajstić information content (AvgIpc) is 2.88. The molecular formula is C30H35F2NO3. The Kier molecular flexibility index (Phi) is 9.97. The van der Waals surface area contributed by atoms with Gasteiger partial charge in [0, 0.05) is 17.3 Å². The van der Waals surface area contributed by atoms with Crippen molar-refractivity contribution in [2.75, 3.05) is 7.11 Å². The Balaban J connectivity index is 1.54. The highest BCUT2D eigenvalue weighted by Gasteiger charge is 2.34. The minimum Gasteiger partial charge on any atom is -0.494 e. The zero-order chi connectivity index (χ0) is 26.0. The monoisotopic (exact) mass is 495 g/mol. The highest BCUT2D eigenvalue weighted by atomic mass is 19.1. The molecule has 0 aliphatic heterocycles. The molecule has 0 amide bonds. The number of ether oxygens (including phenoxy) is 2. The Morgan fingerprint density at radius 2 is 1.53 bits per heavy atom. The van der Waals surface area contributed by atoms with Crippen molar-refractivity contribution < 1.29 is 23.0 Å². The van der Waals surface area contributed by atoms with Gasteiger partial charge < -0.3 is 9.47 Å². The summed E-state index contributed by atoms with van der Waals surface area (Å²) in [5.41, 5.74) is 0.977. The van der Waals surface area contributed by atoms with Gasteiger partial charge in [0.2, 0.25) is 5.67 Å². The number of nitrogens with zero attached hydrogens (tertiary/aromatic N) is 1. The van der Waals surface area contributed by atoms with Gasteiger partial charge in [0.15, 0.2) is 11.6 Å². The Morgan fingerprint density at radius 1 is 0.889 bits per heavy atom. The minimum atomic E-state index is -2.01. The van der Waals surface area contributed by atoms with Crippen LogP contribution < -0.4 is 9.47 Å². The molecule has 0 bridgehead atoms. The smallest absolute Gasteiger partial charge is 0.348 e. The summed E-state index contributed by atoms with van der Waals surface area (Å²) in [6.45, 7) is 3.47. The number of halogens is 2. The van der Waals surface area contributed by atoms with Gasteiger partial charge in [0.25, 0.3) is 0 Å². The summed E-state index contributed by atoms with van der Waals surface area (Å²) in [6.07, 6.45) is 9.32. The lowest BCUT2D eigenvalue weighted by molar-refractivity contribution is -0.147. The van der Waals surface area contributed by atoms with Crippen LogP contribution in [0.15, 0.2) is 60.8 Å². The van der Waals surface area contributed by atoms with E-state index < -0.39 is 17.5 Å². The Morgan fingerprint density at radius 3 is 2.14 bits per heavy atom. The number of rotatable bonds is 13. The van der Waals surface area contributed by atoms with Crippen molar-refractivity contribution in [2.45, 2.75) is 70.9 Å². The largest absolute Gasteiger partial charge is 0.494 e. The predicted octanol–water partition coefficient (Wildman–Crippen LogP) is 8.34. The van der Waals surface area contributed by atoms with E-state index in [2.05, 4.69) is 11.9 Å². The van der Waals surface area contributed by atoms with E-state index in [4.69, 9.17) is 9.47 Å². The normalized spacial score (nSPS) is 12.7. The molecule has 0 N–H and O–H groups in total. The maximum absolute atomic E-state index is 14.9. The second-order valence-corrected chi connectivity index (χ2v) is 9.26. The molecule has 1 atom stereocenters. The molecule has 192 valence electrons. The van der Waals surface area contributed by atoms with E-state index in [9.17, 15) is 13.6 Å². The van der Waals surface area contributed by atoms with Gasteiger partial charge in [0.05, 0.1) is 12.8 Å². The molecule has 6 heteroatoms. The van der Waals surface area contributed by atoms with E-state index in [1.165, 1.54) is 39.4 Å². The predicted molar refractivity (Wildman–Crippen MR) is 139 cm³/mol. The van der Waals surface area contributed by atoms with E-state index in [0.29, 0.717) is 23.4 Å². The first kappa shape index (κ1) is 27.3. The first-order valence-corrected chi connectivity index (χ1v) is 12.7. The molecule has 0 aliphatic rings. The highest BCUT2D eigenvalue weighted by molar-refractivity contribution is 5.81. The number of methoxy groups -OCH3 is 1. The number of unbranched alkanes of at least 4 members (excludes halogenated alkanes) is 6. The molecule has 0 fully saturated rings. The van der Waals surface area contributed by atoms with Crippen LogP contribution in [-0.2, 0) is 4.79 Å². The lowest BCUT2D eigenvalue weighted by Gasteiger charge is -2.18. The summed E-state index contributed by atoms with van der Waals surface area (Å²) in [6, 6.07) is 15.3. The van der Waals surface area contributed by atoms with Gasteiger partial charge in [-0.1, -0.05) is 63.6 Å². The molecular weight excluding hydrogens is 460 g/mol. The molecule has 3 aromatic rings. The Bertz CT molecular complexity index is 1110. The number of hydrogen-bond acceptors (Lipinski definition) is 4. The van der Waals surface area contributed by atoms with Gasteiger partial charge in [-0.15, -0.1) is 0 Å². The number of carbonyl (C=O) groups is 1. The van der Waals surface area contributed by atoms with Crippen molar-refractivity contribution in [3.63, 3.8) is 0 Å². The zero-order valence-corrected chi connectivity index (χ0v) is 21.4. The van der Waals surface area contributed by atoms with Gasteiger partial charge in [-0.05, 0) is 61.7 Å². The second-order valence-electron chi connectivity index (χ2n) is 9.26. The van der Waals surface area contributed by atoms with Crippen molar-refractivity contribution in [1.29, 1.82) is 0 Å². The lowest BCUT2D eigenvalue weighted by atomic mass is 9.99. The first-order valence-electron chi connectivity index (χ1n) is 12.7. The van der Waals surface area contributed by atoms with Crippen LogP contribution in [0, 0.1) is 5.82 Å². The molecule has 1 aromatic heterocycles. The number of benzene rings is 2. The molecule has 0 radical (unpaired) electrons. The minimum absolute atomic E-state index is 0.161. The van der Waals surface area contributed by atoms with Gasteiger partial charge >= 0.3 is 5.97 Å². The van der Waals surface area contributed by atoms with Gasteiger partial charge in [-0.25, -0.2) is 13.6 Å². The third-order valence-corrected chi connectivity index (χ3v) is 6.28. The molecule has 0 saturated heterocycles. The number of pyridine rings is 1. The molecule has 2 aromatic carbocycles. The van der Waals surface area contributed by atoms with Crippen LogP contribution in [0.1, 0.15) is 65.2 Å². The maximum atomic E-state index is 14.9. The first-order chi connectivity index (χ1) is 17.3. The molecule has 0 unspecified atom stereocenters. The number of aromatic nitrogens is 1. The maximum Gasteiger partial charge on any atom is 0.348 e. The number of hydrogen-bond donors (Lipinski definition) is 0. The van der Waals surface area contributed by atoms with Gasteiger partial charge in [-0.2, -0.15) is 0 Å². The summed E-state index contributed by atoms with van der Waals surface area (Å²) >= 11 is 0. The van der Waals surface area contributed by atoms with Crippen LogP contribution in [0.5, 0.6) is 11.5 Å². The Labute approximate surface area is 212 Å². The Hall–Kier alpha value is -3.28. The quantitative estimate of drug-likeness (QED) is 0.136. The standard InChI is InChI=1S/C30H35F2NO3/c1-4-5-6-7-8-9-10-19-30(2,32)29(34)36-25-15-11-22(12-16-25)24-13-17-27(33-21-24)23-14-18-28(35-3)26(31)20-23/h11-18,20-21H,4-10,19H2,1-3H3/t30-/m0/s1. The van der Waals surface area contributed by atoms with Crippen molar-refractivity contribution in [1.82, 2.24) is 4.98 Å². The molecule has 4 nitrogen and oxygen atoms in total. The van der Waals surface area contributed by atoms with Crippen LogP contribution in [0.4, 0.5) is 8.78 Å². The van der Waals surface area contributed by atoms with Crippen molar-refractivity contribution in [3.05, 3.63) is 66.6 Å². The number of esters is 1. The van der Waals surface area contributed by atoms with E-state index in [1.54, 1.807) is 42.6 Å². The van der Waals surface area contributed by atoms with Crippen molar-refractivity contribution in [2.24, 2.45) is 0 Å². The highest BCUT2D eigenvalue weighted by Crippen LogP contribution is 2.28. The van der Waals surface area contributed by atoms with Crippen LogP contribution in [0.25, 0.3) is 22.4 Å². The molecule has 0 aliphatic carbocycles. The van der Waals surface area contributed by atoms with E-state index in [1.807, 2.05) is 12.1 Å². The van der Waals surface area contributed by atoms with Gasteiger partial charge in [-0.3, -0.25) is 4.98 Å². The average molecular weight is 496 g/mol. The summed E-state index contributed by atoms with van der Waals surface area (Å²) in [5.74, 6) is -0.829. The van der Waals surface area contributed by atoms with E-state index >= 15 is 0 Å². The van der Waals surface area contributed by atoms with Crippen LogP contribution in [0.2, 0.25) is 0 Å². The van der Waals surface area contributed by atoms with Gasteiger partial charge in [0.1, 0.15) is 5.75 Å². The zero-order valence-electron chi connectivity index (χ0n) is 21.4. The lowest BCUT2D eigenvalue weighted by Crippen LogP contribution is -2.34. The van der Waals surface area contributed by atoms with Crippen molar-refractivity contribution >= 4 is 5.97 Å². The van der Waals surface area contributed by atoms with Crippen LogP contribution in [-0.4, -0.2) is 23.7 Å². The fourth-order valence-corrected chi connectivity index (χ4v) is 4.01. The molecule has 1 heterocycles. The molecule has 0 saturated carbocycles. The fraction of sp³-hybridized carbons (Fsp3) is 0.400. The summed E-state index contributed by atoms with van der Waals surface area (Å²) < 4.78 is 39.1. The molecule has 36 heavy (non-hydrogen) atoms.